The van der Waals surface area contributed by atoms with Crippen molar-refractivity contribution in [1.29, 1.82) is 0 Å². The van der Waals surface area contributed by atoms with E-state index in [1.54, 1.807) is 0 Å². The SMILES string of the molecule is Brc1ccc2c3ccccc3n3c4ccccc4c1c23.CC1(C)OB(c2cccc3cc4c(cc23)sc2ccccc24)OC1(C)C.c1cc(-c2ccc3c4ccccc4n4c5ccccc5c2c34)c2cc3sc4ccccc4c3cc2c1. The molecular formula is C74H50BBrN2O2S2. The van der Waals surface area contributed by atoms with Crippen LogP contribution < -0.4 is 5.46 Å². The van der Waals surface area contributed by atoms with Gasteiger partial charge in [0, 0.05) is 87.9 Å². The second-order valence-electron chi connectivity index (χ2n) is 23.0. The molecule has 0 aliphatic carbocycles. The molecule has 82 heavy (non-hydrogen) atoms. The molecule has 1 aliphatic heterocycles. The standard InChI is InChI=1S/C34H19NS.C22H21BO2S.C18H10BrN/c1-4-13-29-22(9-1)25-17-16-24(33-26-11-2-5-14-30(26)35(29)34(25)33)21-12-7-8-20-18-28-23-10-3-6-15-31(23)36-32(28)19-27(20)21;1-21(2)22(3,4)25-23(24-21)18-10-7-8-14-12-17-15-9-5-6-11-19(15)26-20(17)13-16(14)18;19-14-10-9-12-11-5-1-3-7-15(11)20-16-8-4-2-6-13(16)17(14)18(12)20/h1-19H;5-13H,1-4H3;1-10H. The predicted molar refractivity (Wildman–Crippen MR) is 358 cm³/mol. The number of hydrogen-bond acceptors (Lipinski definition) is 4. The van der Waals surface area contributed by atoms with Gasteiger partial charge in [0.25, 0.3) is 0 Å². The Hall–Kier alpha value is -8.34. The number of benzene rings is 12. The molecule has 0 N–H and O–H groups in total. The van der Waals surface area contributed by atoms with Gasteiger partial charge in [-0.25, -0.2) is 0 Å². The van der Waals surface area contributed by atoms with E-state index in [2.05, 4.69) is 283 Å². The fourth-order valence-corrected chi connectivity index (χ4v) is 16.3. The quantitative estimate of drug-likeness (QED) is 0.161. The molecule has 7 heterocycles. The van der Waals surface area contributed by atoms with Crippen molar-refractivity contribution in [3.63, 3.8) is 0 Å². The van der Waals surface area contributed by atoms with Gasteiger partial charge in [0.1, 0.15) is 0 Å². The Kier molecular flexibility index (Phi) is 10.5. The molecule has 6 aromatic heterocycles. The predicted octanol–water partition coefficient (Wildman–Crippen LogP) is 21.1. The second kappa shape index (κ2) is 17.8. The first-order chi connectivity index (χ1) is 40.1. The van der Waals surface area contributed by atoms with Gasteiger partial charge >= 0.3 is 7.12 Å². The third kappa shape index (κ3) is 6.97. The molecule has 0 amide bonds. The minimum Gasteiger partial charge on any atom is -0.399 e. The van der Waals surface area contributed by atoms with E-state index in [-0.39, 0.29) is 18.3 Å². The third-order valence-electron chi connectivity index (χ3n) is 18.0. The van der Waals surface area contributed by atoms with E-state index in [1.165, 1.54) is 154 Å². The summed E-state index contributed by atoms with van der Waals surface area (Å²) in [5.41, 5.74) is 10.8. The van der Waals surface area contributed by atoms with Crippen LogP contribution in [0.4, 0.5) is 0 Å². The van der Waals surface area contributed by atoms with Crippen LogP contribution in [0.3, 0.4) is 0 Å². The molecule has 0 atom stereocenters. The fourth-order valence-electron chi connectivity index (χ4n) is 13.5. The molecular weight excluding hydrogens is 1100 g/mol. The summed E-state index contributed by atoms with van der Waals surface area (Å²) >= 11 is 7.46. The summed E-state index contributed by atoms with van der Waals surface area (Å²) in [5.74, 6) is 0. The smallest absolute Gasteiger partial charge is 0.399 e. The molecule has 8 heteroatoms. The molecule has 19 rings (SSSR count). The van der Waals surface area contributed by atoms with E-state index in [0.29, 0.717) is 0 Å². The van der Waals surface area contributed by atoms with E-state index < -0.39 is 0 Å². The molecule has 4 nitrogen and oxygen atoms in total. The lowest BCUT2D eigenvalue weighted by Crippen LogP contribution is -2.41. The first-order valence-corrected chi connectivity index (χ1v) is 30.5. The van der Waals surface area contributed by atoms with Crippen molar-refractivity contribution < 1.29 is 9.31 Å². The van der Waals surface area contributed by atoms with Gasteiger partial charge in [-0.1, -0.05) is 180 Å². The van der Waals surface area contributed by atoms with Crippen LogP contribution in [-0.2, 0) is 9.31 Å². The monoisotopic (exact) mass is 1150 g/mol. The first-order valence-electron chi connectivity index (χ1n) is 28.1. The van der Waals surface area contributed by atoms with Crippen LogP contribution in [0.25, 0.3) is 149 Å². The van der Waals surface area contributed by atoms with Crippen molar-refractivity contribution >= 4 is 189 Å². The highest BCUT2D eigenvalue weighted by molar-refractivity contribution is 9.10. The van der Waals surface area contributed by atoms with Crippen LogP contribution in [0.15, 0.2) is 235 Å². The minimum absolute atomic E-state index is 0.332. The van der Waals surface area contributed by atoms with Crippen LogP contribution in [-0.4, -0.2) is 27.1 Å². The first kappa shape index (κ1) is 48.4. The number of hydrogen-bond donors (Lipinski definition) is 0. The summed E-state index contributed by atoms with van der Waals surface area (Å²) in [6, 6.07) is 83.9. The van der Waals surface area contributed by atoms with Crippen molar-refractivity contribution in [2.75, 3.05) is 0 Å². The van der Waals surface area contributed by atoms with Crippen molar-refractivity contribution in [2.45, 2.75) is 38.9 Å². The molecule has 18 aromatic rings. The van der Waals surface area contributed by atoms with Gasteiger partial charge in [-0.3, -0.25) is 0 Å². The lowest BCUT2D eigenvalue weighted by atomic mass is 9.76. The zero-order valence-electron chi connectivity index (χ0n) is 45.4. The lowest BCUT2D eigenvalue weighted by molar-refractivity contribution is 0.00578. The van der Waals surface area contributed by atoms with Crippen molar-refractivity contribution in [3.8, 4) is 11.1 Å². The highest BCUT2D eigenvalue weighted by atomic mass is 79.9. The van der Waals surface area contributed by atoms with E-state index >= 15 is 0 Å². The third-order valence-corrected chi connectivity index (χ3v) is 21.0. The molecule has 0 bridgehead atoms. The number of halogens is 1. The Morgan fingerprint density at radius 2 is 0.780 bits per heavy atom. The molecule has 1 saturated heterocycles. The van der Waals surface area contributed by atoms with Crippen LogP contribution in [0.5, 0.6) is 0 Å². The summed E-state index contributed by atoms with van der Waals surface area (Å²) in [6.07, 6.45) is 0. The van der Waals surface area contributed by atoms with Gasteiger partial charge in [-0.2, -0.15) is 0 Å². The molecule has 0 unspecified atom stereocenters. The van der Waals surface area contributed by atoms with Gasteiger partial charge in [-0.15, -0.1) is 22.7 Å². The molecule has 1 fully saturated rings. The zero-order valence-corrected chi connectivity index (χ0v) is 48.6. The highest BCUT2D eigenvalue weighted by Gasteiger charge is 2.52. The Morgan fingerprint density at radius 1 is 0.341 bits per heavy atom. The average Bonchev–Trinajstić information content (AvgIpc) is 4.55. The highest BCUT2D eigenvalue weighted by Crippen LogP contribution is 2.47. The van der Waals surface area contributed by atoms with Crippen LogP contribution in [0.1, 0.15) is 27.7 Å². The molecule has 1 aliphatic rings. The Balaban J connectivity index is 0.000000102. The summed E-state index contributed by atoms with van der Waals surface area (Å²) in [6.45, 7) is 8.40. The second-order valence-corrected chi connectivity index (χ2v) is 26.0. The van der Waals surface area contributed by atoms with Gasteiger partial charge in [0.15, 0.2) is 0 Å². The number of fused-ring (bicyclic) bond motifs is 20. The van der Waals surface area contributed by atoms with Crippen molar-refractivity contribution in [1.82, 2.24) is 8.80 Å². The number of aromatic nitrogens is 2. The van der Waals surface area contributed by atoms with Gasteiger partial charge in [0.05, 0.1) is 44.3 Å². The van der Waals surface area contributed by atoms with Crippen LogP contribution in [0.2, 0.25) is 0 Å². The Labute approximate surface area is 488 Å². The molecule has 390 valence electrons. The lowest BCUT2D eigenvalue weighted by Gasteiger charge is -2.32. The van der Waals surface area contributed by atoms with E-state index in [4.69, 9.17) is 9.31 Å². The van der Waals surface area contributed by atoms with Gasteiger partial charge < -0.3 is 18.1 Å². The van der Waals surface area contributed by atoms with Crippen molar-refractivity contribution in [2.24, 2.45) is 0 Å². The summed E-state index contributed by atoms with van der Waals surface area (Å²) in [4.78, 5) is 0. The largest absolute Gasteiger partial charge is 0.495 e. The maximum absolute atomic E-state index is 6.31. The summed E-state index contributed by atoms with van der Waals surface area (Å²) in [7, 11) is -0.337. The fraction of sp³-hybridized carbons (Fsp3) is 0.0811. The maximum atomic E-state index is 6.31. The number of thiophene rings is 2. The number of para-hydroxylation sites is 4. The Bertz CT molecular complexity index is 5630. The average molecular weight is 1150 g/mol. The molecule has 0 radical (unpaired) electrons. The summed E-state index contributed by atoms with van der Waals surface area (Å²) in [5, 5.41) is 21.0. The van der Waals surface area contributed by atoms with E-state index in [1.807, 2.05) is 22.7 Å². The van der Waals surface area contributed by atoms with Crippen LogP contribution >= 0.6 is 38.6 Å². The minimum atomic E-state index is -0.337. The summed E-state index contributed by atoms with van der Waals surface area (Å²) < 4.78 is 24.0. The topological polar surface area (TPSA) is 27.3 Å². The normalized spacial score (nSPS) is 14.5. The van der Waals surface area contributed by atoms with Gasteiger partial charge in [0.2, 0.25) is 0 Å². The van der Waals surface area contributed by atoms with E-state index in [0.717, 1.165) is 5.46 Å². The van der Waals surface area contributed by atoms with Crippen LogP contribution in [0, 0.1) is 0 Å². The van der Waals surface area contributed by atoms with Crippen molar-refractivity contribution in [3.05, 3.63) is 235 Å². The molecule has 0 saturated carbocycles. The molecule has 12 aromatic carbocycles. The number of nitrogens with zero attached hydrogens (tertiary/aromatic N) is 2. The zero-order chi connectivity index (χ0) is 54.8. The Morgan fingerprint density at radius 3 is 1.35 bits per heavy atom. The maximum Gasteiger partial charge on any atom is 0.495 e. The van der Waals surface area contributed by atoms with Gasteiger partial charge in [-0.05, 0) is 133 Å². The van der Waals surface area contributed by atoms with E-state index in [9.17, 15) is 0 Å². The molecule has 0 spiro atoms. The number of rotatable bonds is 2.